The zero-order valence-electron chi connectivity index (χ0n) is 12.5. The first kappa shape index (κ1) is 14.2. The number of hydrogen-bond donors (Lipinski definition) is 1. The SMILES string of the molecule is COc1cc(CC2CCCNC2)c(C)c(C)c1OC. The van der Waals surface area contributed by atoms with Crippen LogP contribution in [0.1, 0.15) is 29.5 Å². The van der Waals surface area contributed by atoms with Gasteiger partial charge in [0.05, 0.1) is 14.2 Å². The van der Waals surface area contributed by atoms with Crippen LogP contribution >= 0.6 is 0 Å². The Hall–Kier alpha value is -1.22. The minimum Gasteiger partial charge on any atom is -0.493 e. The molecule has 0 saturated carbocycles. The highest BCUT2D eigenvalue weighted by molar-refractivity contribution is 5.53. The van der Waals surface area contributed by atoms with Crippen LogP contribution in [-0.2, 0) is 6.42 Å². The van der Waals surface area contributed by atoms with Gasteiger partial charge in [-0.05, 0) is 74.9 Å². The number of methoxy groups -OCH3 is 2. The molecule has 0 spiro atoms. The van der Waals surface area contributed by atoms with Gasteiger partial charge in [-0.1, -0.05) is 0 Å². The van der Waals surface area contributed by atoms with Crippen molar-refractivity contribution < 1.29 is 9.47 Å². The smallest absolute Gasteiger partial charge is 0.163 e. The monoisotopic (exact) mass is 263 g/mol. The predicted molar refractivity (Wildman–Crippen MR) is 78.3 cm³/mol. The molecule has 1 fully saturated rings. The van der Waals surface area contributed by atoms with E-state index in [0.29, 0.717) is 0 Å². The molecule has 1 aromatic carbocycles. The predicted octanol–water partition coefficient (Wildman–Crippen LogP) is 2.86. The van der Waals surface area contributed by atoms with E-state index in [9.17, 15) is 0 Å². The fourth-order valence-electron chi connectivity index (χ4n) is 2.95. The molecule has 3 nitrogen and oxygen atoms in total. The Labute approximate surface area is 116 Å². The Morgan fingerprint density at radius 2 is 2.00 bits per heavy atom. The fourth-order valence-corrected chi connectivity index (χ4v) is 2.95. The number of hydrogen-bond acceptors (Lipinski definition) is 3. The molecule has 0 aliphatic carbocycles. The molecule has 0 bridgehead atoms. The zero-order chi connectivity index (χ0) is 13.8. The van der Waals surface area contributed by atoms with Crippen LogP contribution in [0, 0.1) is 19.8 Å². The summed E-state index contributed by atoms with van der Waals surface area (Å²) < 4.78 is 10.9. The van der Waals surface area contributed by atoms with Crippen LogP contribution in [-0.4, -0.2) is 27.3 Å². The molecular formula is C16H25NO2. The summed E-state index contributed by atoms with van der Waals surface area (Å²) in [4.78, 5) is 0. The molecule has 1 saturated heterocycles. The summed E-state index contributed by atoms with van der Waals surface area (Å²) in [5, 5.41) is 3.48. The minimum absolute atomic E-state index is 0.741. The number of nitrogens with one attached hydrogen (secondary N) is 1. The second-order valence-corrected chi connectivity index (χ2v) is 5.44. The van der Waals surface area contributed by atoms with Gasteiger partial charge in [-0.25, -0.2) is 0 Å². The van der Waals surface area contributed by atoms with Crippen molar-refractivity contribution in [3.05, 3.63) is 22.8 Å². The van der Waals surface area contributed by atoms with Gasteiger partial charge < -0.3 is 14.8 Å². The zero-order valence-corrected chi connectivity index (χ0v) is 12.5. The van der Waals surface area contributed by atoms with Crippen LogP contribution in [0.15, 0.2) is 6.07 Å². The van der Waals surface area contributed by atoms with Crippen molar-refractivity contribution in [1.82, 2.24) is 5.32 Å². The average Bonchev–Trinajstić information content (AvgIpc) is 2.45. The van der Waals surface area contributed by atoms with Crippen molar-refractivity contribution in [2.75, 3.05) is 27.3 Å². The maximum absolute atomic E-state index is 5.46. The first-order valence-electron chi connectivity index (χ1n) is 7.09. The van der Waals surface area contributed by atoms with E-state index in [1.807, 2.05) is 0 Å². The van der Waals surface area contributed by atoms with Gasteiger partial charge in [-0.2, -0.15) is 0 Å². The standard InChI is InChI=1S/C16H25NO2/c1-11-12(2)16(19-4)15(18-3)9-14(11)8-13-6-5-7-17-10-13/h9,13,17H,5-8,10H2,1-4H3. The highest BCUT2D eigenvalue weighted by atomic mass is 16.5. The Morgan fingerprint density at radius 3 is 2.58 bits per heavy atom. The van der Waals surface area contributed by atoms with E-state index >= 15 is 0 Å². The Kier molecular flexibility index (Phi) is 4.70. The first-order chi connectivity index (χ1) is 9.17. The molecule has 1 N–H and O–H groups in total. The third-order valence-electron chi connectivity index (χ3n) is 4.25. The molecule has 0 amide bonds. The molecule has 1 unspecified atom stereocenters. The van der Waals surface area contributed by atoms with Gasteiger partial charge in [-0.3, -0.25) is 0 Å². The number of benzene rings is 1. The summed E-state index contributed by atoms with van der Waals surface area (Å²) in [6.45, 7) is 6.59. The van der Waals surface area contributed by atoms with E-state index in [-0.39, 0.29) is 0 Å². The van der Waals surface area contributed by atoms with Crippen LogP contribution < -0.4 is 14.8 Å². The highest BCUT2D eigenvalue weighted by Crippen LogP contribution is 2.36. The van der Waals surface area contributed by atoms with Gasteiger partial charge >= 0.3 is 0 Å². The lowest BCUT2D eigenvalue weighted by molar-refractivity contribution is 0.349. The molecule has 1 aliphatic heterocycles. The Bertz CT molecular complexity index is 437. The third kappa shape index (κ3) is 3.03. The third-order valence-corrected chi connectivity index (χ3v) is 4.25. The highest BCUT2D eigenvalue weighted by Gasteiger charge is 2.18. The normalized spacial score (nSPS) is 19.3. The van der Waals surface area contributed by atoms with Crippen molar-refractivity contribution in [1.29, 1.82) is 0 Å². The maximum Gasteiger partial charge on any atom is 0.163 e. The van der Waals surface area contributed by atoms with Gasteiger partial charge in [0, 0.05) is 0 Å². The lowest BCUT2D eigenvalue weighted by atomic mass is 9.89. The summed E-state index contributed by atoms with van der Waals surface area (Å²) in [5.41, 5.74) is 3.92. The van der Waals surface area contributed by atoms with Gasteiger partial charge in [-0.15, -0.1) is 0 Å². The van der Waals surface area contributed by atoms with E-state index in [1.54, 1.807) is 14.2 Å². The van der Waals surface area contributed by atoms with Gasteiger partial charge in [0.25, 0.3) is 0 Å². The molecule has 1 aliphatic rings. The molecule has 0 aromatic heterocycles. The average molecular weight is 263 g/mol. The molecule has 1 aromatic rings. The fraction of sp³-hybridized carbons (Fsp3) is 0.625. The molecule has 3 heteroatoms. The largest absolute Gasteiger partial charge is 0.493 e. The van der Waals surface area contributed by atoms with Gasteiger partial charge in [0.2, 0.25) is 0 Å². The van der Waals surface area contributed by atoms with Crippen molar-refractivity contribution in [2.45, 2.75) is 33.1 Å². The van der Waals surface area contributed by atoms with Crippen LogP contribution in [0.5, 0.6) is 11.5 Å². The first-order valence-corrected chi connectivity index (χ1v) is 7.09. The second kappa shape index (κ2) is 6.29. The number of piperidine rings is 1. The summed E-state index contributed by atoms with van der Waals surface area (Å²) in [7, 11) is 3.41. The van der Waals surface area contributed by atoms with E-state index in [2.05, 4.69) is 25.2 Å². The lowest BCUT2D eigenvalue weighted by Gasteiger charge is -2.24. The molecule has 2 rings (SSSR count). The van der Waals surface area contributed by atoms with E-state index in [4.69, 9.17) is 9.47 Å². The van der Waals surface area contributed by atoms with E-state index in [1.165, 1.54) is 36.1 Å². The molecular weight excluding hydrogens is 238 g/mol. The van der Waals surface area contributed by atoms with Crippen LogP contribution in [0.25, 0.3) is 0 Å². The van der Waals surface area contributed by atoms with Crippen LogP contribution in [0.2, 0.25) is 0 Å². The van der Waals surface area contributed by atoms with Crippen molar-refractivity contribution in [2.24, 2.45) is 5.92 Å². The molecule has 1 heterocycles. The van der Waals surface area contributed by atoms with Crippen molar-refractivity contribution in [3.63, 3.8) is 0 Å². The summed E-state index contributed by atoms with van der Waals surface area (Å²) in [6, 6.07) is 2.15. The van der Waals surface area contributed by atoms with Crippen LogP contribution in [0.4, 0.5) is 0 Å². The van der Waals surface area contributed by atoms with Gasteiger partial charge in [0.1, 0.15) is 0 Å². The second-order valence-electron chi connectivity index (χ2n) is 5.44. The maximum atomic E-state index is 5.46. The number of ether oxygens (including phenoxy) is 2. The molecule has 0 radical (unpaired) electrons. The Balaban J connectivity index is 2.26. The molecule has 19 heavy (non-hydrogen) atoms. The summed E-state index contributed by atoms with van der Waals surface area (Å²) in [6.07, 6.45) is 3.73. The topological polar surface area (TPSA) is 30.5 Å². The van der Waals surface area contributed by atoms with E-state index in [0.717, 1.165) is 30.4 Å². The van der Waals surface area contributed by atoms with Gasteiger partial charge in [0.15, 0.2) is 11.5 Å². The molecule has 106 valence electrons. The van der Waals surface area contributed by atoms with Crippen molar-refractivity contribution >= 4 is 0 Å². The minimum atomic E-state index is 0.741. The summed E-state index contributed by atoms with van der Waals surface area (Å²) in [5.74, 6) is 2.46. The van der Waals surface area contributed by atoms with Crippen molar-refractivity contribution in [3.8, 4) is 11.5 Å². The Morgan fingerprint density at radius 1 is 1.21 bits per heavy atom. The lowest BCUT2D eigenvalue weighted by Crippen LogP contribution is -2.31. The van der Waals surface area contributed by atoms with Crippen LogP contribution in [0.3, 0.4) is 0 Å². The molecule has 1 atom stereocenters. The number of rotatable bonds is 4. The summed E-state index contributed by atoms with van der Waals surface area (Å²) >= 11 is 0. The quantitative estimate of drug-likeness (QED) is 0.906. The van der Waals surface area contributed by atoms with E-state index < -0.39 is 0 Å².